The third-order valence-corrected chi connectivity index (χ3v) is 4.83. The van der Waals surface area contributed by atoms with Gasteiger partial charge in [-0.2, -0.15) is 0 Å². The van der Waals surface area contributed by atoms with Crippen LogP contribution in [0.4, 0.5) is 0 Å². The smallest absolute Gasteiger partial charge is 0.337 e. The molecular formula is C23H24N2O3. The zero-order valence-electron chi connectivity index (χ0n) is 16.3. The van der Waals surface area contributed by atoms with Crippen LogP contribution in [0, 0.1) is 0 Å². The fourth-order valence-electron chi connectivity index (χ4n) is 3.28. The van der Waals surface area contributed by atoms with E-state index in [0.29, 0.717) is 17.7 Å². The molecule has 0 radical (unpaired) electrons. The van der Waals surface area contributed by atoms with Gasteiger partial charge in [0.25, 0.3) is 5.91 Å². The van der Waals surface area contributed by atoms with Crippen LogP contribution >= 0.6 is 0 Å². The molecule has 1 unspecified atom stereocenters. The lowest BCUT2D eigenvalue weighted by atomic mass is 9.98. The minimum Gasteiger partial charge on any atom is -0.465 e. The van der Waals surface area contributed by atoms with Gasteiger partial charge < -0.3 is 15.0 Å². The molecule has 0 aromatic heterocycles. The van der Waals surface area contributed by atoms with Crippen molar-refractivity contribution in [2.45, 2.75) is 6.04 Å². The zero-order chi connectivity index (χ0) is 20.1. The first kappa shape index (κ1) is 19.6. The Kier molecular flexibility index (Phi) is 6.06. The van der Waals surface area contributed by atoms with E-state index in [0.717, 1.165) is 0 Å². The lowest BCUT2D eigenvalue weighted by Gasteiger charge is -2.26. The van der Waals surface area contributed by atoms with Crippen LogP contribution in [0.2, 0.25) is 0 Å². The minimum absolute atomic E-state index is 0.0318. The van der Waals surface area contributed by atoms with Crippen LogP contribution in [-0.4, -0.2) is 44.5 Å². The number of methoxy groups -OCH3 is 1. The average Bonchev–Trinajstić information content (AvgIpc) is 2.73. The summed E-state index contributed by atoms with van der Waals surface area (Å²) >= 11 is 0. The van der Waals surface area contributed by atoms with Crippen LogP contribution in [0.5, 0.6) is 0 Å². The summed E-state index contributed by atoms with van der Waals surface area (Å²) < 4.78 is 4.68. The first-order chi connectivity index (χ1) is 13.5. The second kappa shape index (κ2) is 8.67. The molecule has 5 nitrogen and oxygen atoms in total. The number of nitrogens with one attached hydrogen (secondary N) is 1. The van der Waals surface area contributed by atoms with Crippen molar-refractivity contribution in [3.8, 4) is 0 Å². The SMILES string of the molecule is COC(=O)c1ccc(C(=O)NCC(c2cccc3ccccc23)N(C)C)cc1. The Hall–Kier alpha value is -3.18. The standard InChI is InChI=1S/C23H24N2O3/c1-25(2)21(20-10-6-8-16-7-4-5-9-19(16)20)15-24-22(26)17-11-13-18(14-12-17)23(27)28-3/h4-14,21H,15H2,1-3H3,(H,24,26). The summed E-state index contributed by atoms with van der Waals surface area (Å²) in [5.74, 6) is -0.598. The van der Waals surface area contributed by atoms with Crippen molar-refractivity contribution < 1.29 is 14.3 Å². The van der Waals surface area contributed by atoms with Crippen molar-refractivity contribution in [3.05, 3.63) is 83.4 Å². The molecule has 0 saturated carbocycles. The van der Waals surface area contributed by atoms with Crippen molar-refractivity contribution in [1.29, 1.82) is 0 Å². The molecule has 0 bridgehead atoms. The number of benzene rings is 3. The molecule has 3 aromatic carbocycles. The van der Waals surface area contributed by atoms with E-state index in [1.165, 1.54) is 23.4 Å². The number of fused-ring (bicyclic) bond motifs is 1. The zero-order valence-corrected chi connectivity index (χ0v) is 16.3. The van der Waals surface area contributed by atoms with E-state index in [4.69, 9.17) is 0 Å². The van der Waals surface area contributed by atoms with Gasteiger partial charge in [-0.1, -0.05) is 42.5 Å². The van der Waals surface area contributed by atoms with Crippen LogP contribution < -0.4 is 5.32 Å². The Balaban J connectivity index is 1.76. The van der Waals surface area contributed by atoms with E-state index >= 15 is 0 Å². The maximum atomic E-state index is 12.6. The van der Waals surface area contributed by atoms with Crippen LogP contribution in [0.15, 0.2) is 66.7 Å². The van der Waals surface area contributed by atoms with E-state index < -0.39 is 5.97 Å². The molecule has 3 aromatic rings. The van der Waals surface area contributed by atoms with Gasteiger partial charge in [-0.3, -0.25) is 4.79 Å². The van der Waals surface area contributed by atoms with Gasteiger partial charge in [0.15, 0.2) is 0 Å². The van der Waals surface area contributed by atoms with Crippen molar-refractivity contribution in [3.63, 3.8) is 0 Å². The number of esters is 1. The maximum absolute atomic E-state index is 12.6. The fourth-order valence-corrected chi connectivity index (χ4v) is 3.28. The summed E-state index contributed by atoms with van der Waals surface area (Å²) in [5, 5.41) is 5.37. The van der Waals surface area contributed by atoms with Crippen LogP contribution in [0.3, 0.4) is 0 Å². The first-order valence-electron chi connectivity index (χ1n) is 9.12. The Labute approximate surface area is 164 Å². The van der Waals surface area contributed by atoms with E-state index in [1.54, 1.807) is 24.3 Å². The molecule has 5 heteroatoms. The number of nitrogens with zero attached hydrogens (tertiary/aromatic N) is 1. The molecule has 1 atom stereocenters. The van der Waals surface area contributed by atoms with Crippen molar-refractivity contribution in [2.75, 3.05) is 27.7 Å². The molecule has 144 valence electrons. The van der Waals surface area contributed by atoms with Crippen molar-refractivity contribution >= 4 is 22.6 Å². The quantitative estimate of drug-likeness (QED) is 0.667. The molecule has 1 amide bonds. The Morgan fingerprint density at radius 2 is 1.57 bits per heavy atom. The second-order valence-electron chi connectivity index (χ2n) is 6.83. The number of rotatable bonds is 6. The molecule has 0 saturated heterocycles. The van der Waals surface area contributed by atoms with Crippen LogP contribution in [-0.2, 0) is 4.74 Å². The monoisotopic (exact) mass is 376 g/mol. The largest absolute Gasteiger partial charge is 0.465 e. The van der Waals surface area contributed by atoms with Gasteiger partial charge in [0.05, 0.1) is 18.7 Å². The van der Waals surface area contributed by atoms with Crippen LogP contribution in [0.1, 0.15) is 32.3 Å². The number of ether oxygens (including phenoxy) is 1. The van der Waals surface area contributed by atoms with Crippen molar-refractivity contribution in [2.24, 2.45) is 0 Å². The van der Waals surface area contributed by atoms with Gasteiger partial charge in [-0.15, -0.1) is 0 Å². The average molecular weight is 376 g/mol. The molecule has 1 N–H and O–H groups in total. The third-order valence-electron chi connectivity index (χ3n) is 4.83. The molecular weight excluding hydrogens is 352 g/mol. The molecule has 3 rings (SSSR count). The molecule has 0 aliphatic carbocycles. The van der Waals surface area contributed by atoms with Gasteiger partial charge in [-0.05, 0) is 54.7 Å². The molecule has 0 spiro atoms. The van der Waals surface area contributed by atoms with Gasteiger partial charge >= 0.3 is 5.97 Å². The van der Waals surface area contributed by atoms with Gasteiger partial charge in [0.1, 0.15) is 0 Å². The number of hydrogen-bond donors (Lipinski definition) is 1. The Morgan fingerprint density at radius 1 is 0.929 bits per heavy atom. The summed E-state index contributed by atoms with van der Waals surface area (Å²) in [7, 11) is 5.34. The second-order valence-corrected chi connectivity index (χ2v) is 6.83. The summed E-state index contributed by atoms with van der Waals surface area (Å²) in [6.45, 7) is 0.471. The number of carbonyl (C=O) groups excluding carboxylic acids is 2. The fraction of sp³-hybridized carbons (Fsp3) is 0.217. The normalized spacial score (nSPS) is 12.0. The number of carbonyl (C=O) groups is 2. The number of amides is 1. The Morgan fingerprint density at radius 3 is 2.25 bits per heavy atom. The van der Waals surface area contributed by atoms with E-state index in [-0.39, 0.29) is 11.9 Å². The lowest BCUT2D eigenvalue weighted by molar-refractivity contribution is 0.0600. The highest BCUT2D eigenvalue weighted by molar-refractivity contribution is 5.96. The molecule has 28 heavy (non-hydrogen) atoms. The van der Waals surface area contributed by atoms with Crippen LogP contribution in [0.25, 0.3) is 10.8 Å². The van der Waals surface area contributed by atoms with Crippen molar-refractivity contribution in [1.82, 2.24) is 10.2 Å². The van der Waals surface area contributed by atoms with E-state index in [9.17, 15) is 9.59 Å². The minimum atomic E-state index is -0.421. The van der Waals surface area contributed by atoms with Gasteiger partial charge in [0.2, 0.25) is 0 Å². The highest BCUT2D eigenvalue weighted by Crippen LogP contribution is 2.26. The predicted molar refractivity (Wildman–Crippen MR) is 110 cm³/mol. The van der Waals surface area contributed by atoms with Gasteiger partial charge in [0, 0.05) is 12.1 Å². The summed E-state index contributed by atoms with van der Waals surface area (Å²) in [6.07, 6.45) is 0. The highest BCUT2D eigenvalue weighted by Gasteiger charge is 2.18. The topological polar surface area (TPSA) is 58.6 Å². The predicted octanol–water partition coefficient (Wildman–Crippen LogP) is 3.66. The summed E-state index contributed by atoms with van der Waals surface area (Å²) in [4.78, 5) is 26.2. The molecule has 0 heterocycles. The molecule has 0 fully saturated rings. The number of hydrogen-bond acceptors (Lipinski definition) is 4. The number of likely N-dealkylation sites (N-methyl/N-ethyl adjacent to an activating group) is 1. The maximum Gasteiger partial charge on any atom is 0.337 e. The highest BCUT2D eigenvalue weighted by atomic mass is 16.5. The van der Waals surface area contributed by atoms with E-state index in [1.807, 2.05) is 32.3 Å². The van der Waals surface area contributed by atoms with E-state index in [2.05, 4.69) is 39.2 Å². The Bertz CT molecular complexity index is 975. The lowest BCUT2D eigenvalue weighted by Crippen LogP contribution is -2.34. The first-order valence-corrected chi connectivity index (χ1v) is 9.12. The molecule has 0 aliphatic heterocycles. The molecule has 0 aliphatic rings. The summed E-state index contributed by atoms with van der Waals surface area (Å²) in [6, 6.07) is 21.0. The van der Waals surface area contributed by atoms with Gasteiger partial charge in [-0.25, -0.2) is 4.79 Å². The summed E-state index contributed by atoms with van der Waals surface area (Å²) in [5.41, 5.74) is 2.09. The third kappa shape index (κ3) is 4.21.